The minimum absolute atomic E-state index is 0.00829. The number of terminal acetylenes is 1. The zero-order chi connectivity index (χ0) is 6.69. The van der Waals surface area contributed by atoms with Crippen molar-refractivity contribution in [2.45, 2.75) is 24.9 Å². The Hall–Kier alpha value is -0.990. The molecule has 0 aromatic rings. The third-order valence-electron chi connectivity index (χ3n) is 1.50. The van der Waals surface area contributed by atoms with Crippen LogP contribution in [0.25, 0.3) is 0 Å². The van der Waals surface area contributed by atoms with Crippen LogP contribution in [0.3, 0.4) is 0 Å². The highest BCUT2D eigenvalue weighted by molar-refractivity contribution is 5.08. The van der Waals surface area contributed by atoms with Crippen molar-refractivity contribution < 1.29 is 0 Å². The number of nitrogens with zero attached hydrogens (tertiary/aromatic N) is 1. The van der Waals surface area contributed by atoms with Crippen molar-refractivity contribution in [3.8, 4) is 18.4 Å². The summed E-state index contributed by atoms with van der Waals surface area (Å²) in [4.78, 5) is 0. The fourth-order valence-corrected chi connectivity index (χ4v) is 0.976. The molecule has 9 heavy (non-hydrogen) atoms. The average molecular weight is 120 g/mol. The van der Waals surface area contributed by atoms with Crippen LogP contribution in [0, 0.1) is 23.7 Å². The van der Waals surface area contributed by atoms with Crippen LogP contribution < -0.4 is 5.32 Å². The SMILES string of the molecule is C#CC1CCC(C#N)N1. The summed E-state index contributed by atoms with van der Waals surface area (Å²) in [5.74, 6) is 2.57. The van der Waals surface area contributed by atoms with Gasteiger partial charge in [-0.2, -0.15) is 5.26 Å². The largest absolute Gasteiger partial charge is 0.288 e. The molecule has 0 saturated carbocycles. The summed E-state index contributed by atoms with van der Waals surface area (Å²) in [7, 11) is 0. The molecule has 1 aliphatic heterocycles. The van der Waals surface area contributed by atoms with Crippen LogP contribution in [-0.2, 0) is 0 Å². The molecule has 0 aromatic carbocycles. The Labute approximate surface area is 54.9 Å². The van der Waals surface area contributed by atoms with Crippen LogP contribution in [0.5, 0.6) is 0 Å². The van der Waals surface area contributed by atoms with Gasteiger partial charge in [0, 0.05) is 0 Å². The third kappa shape index (κ3) is 1.22. The van der Waals surface area contributed by atoms with Crippen LogP contribution in [0.15, 0.2) is 0 Å². The second kappa shape index (κ2) is 2.53. The molecule has 0 aromatic heterocycles. The summed E-state index contributed by atoms with van der Waals surface area (Å²) >= 11 is 0. The first-order chi connectivity index (χ1) is 4.36. The molecule has 0 radical (unpaired) electrons. The summed E-state index contributed by atoms with van der Waals surface area (Å²) in [6.07, 6.45) is 6.96. The fraction of sp³-hybridized carbons (Fsp3) is 0.571. The van der Waals surface area contributed by atoms with E-state index < -0.39 is 0 Å². The van der Waals surface area contributed by atoms with Gasteiger partial charge in [-0.3, -0.25) is 5.32 Å². The summed E-state index contributed by atoms with van der Waals surface area (Å²) in [5, 5.41) is 11.4. The second-order valence-electron chi connectivity index (χ2n) is 2.14. The predicted octanol–water partition coefficient (Wildman–Crippen LogP) is 0.264. The van der Waals surface area contributed by atoms with Crippen molar-refractivity contribution in [3.05, 3.63) is 0 Å². The van der Waals surface area contributed by atoms with E-state index in [4.69, 9.17) is 11.7 Å². The Morgan fingerprint density at radius 2 is 2.11 bits per heavy atom. The molecule has 1 rings (SSSR count). The first-order valence-corrected chi connectivity index (χ1v) is 2.98. The lowest BCUT2D eigenvalue weighted by molar-refractivity contribution is 0.691. The molecule has 1 N–H and O–H groups in total. The number of nitriles is 1. The standard InChI is InChI=1S/C7H8N2/c1-2-6-3-4-7(5-8)9-6/h1,6-7,9H,3-4H2. The second-order valence-corrected chi connectivity index (χ2v) is 2.14. The van der Waals surface area contributed by atoms with E-state index in [-0.39, 0.29) is 12.1 Å². The zero-order valence-electron chi connectivity index (χ0n) is 5.09. The topological polar surface area (TPSA) is 35.8 Å². The van der Waals surface area contributed by atoms with E-state index in [9.17, 15) is 0 Å². The smallest absolute Gasteiger partial charge is 0.0963 e. The Bertz CT molecular complexity index is 152. The van der Waals surface area contributed by atoms with Gasteiger partial charge in [0.25, 0.3) is 0 Å². The van der Waals surface area contributed by atoms with Gasteiger partial charge in [0.1, 0.15) is 0 Å². The van der Waals surface area contributed by atoms with E-state index in [1.54, 1.807) is 0 Å². The fourth-order valence-electron chi connectivity index (χ4n) is 0.976. The van der Waals surface area contributed by atoms with Gasteiger partial charge in [-0.05, 0) is 12.8 Å². The summed E-state index contributed by atoms with van der Waals surface area (Å²) in [6.45, 7) is 0. The molecule has 1 fully saturated rings. The average Bonchev–Trinajstić information content (AvgIpc) is 2.34. The van der Waals surface area contributed by atoms with E-state index in [1.807, 2.05) is 0 Å². The van der Waals surface area contributed by atoms with Gasteiger partial charge in [-0.15, -0.1) is 6.42 Å². The Balaban J connectivity index is 2.42. The van der Waals surface area contributed by atoms with Crippen LogP contribution in [0.4, 0.5) is 0 Å². The van der Waals surface area contributed by atoms with Gasteiger partial charge in [0.05, 0.1) is 18.2 Å². The van der Waals surface area contributed by atoms with Crippen LogP contribution in [0.2, 0.25) is 0 Å². The van der Waals surface area contributed by atoms with E-state index in [1.165, 1.54) is 0 Å². The van der Waals surface area contributed by atoms with Crippen molar-refractivity contribution >= 4 is 0 Å². The first kappa shape index (κ1) is 6.13. The number of hydrogen-bond donors (Lipinski definition) is 1. The van der Waals surface area contributed by atoms with Crippen LogP contribution in [0.1, 0.15) is 12.8 Å². The minimum Gasteiger partial charge on any atom is -0.288 e. The summed E-state index contributed by atoms with van der Waals surface area (Å²) < 4.78 is 0. The van der Waals surface area contributed by atoms with Gasteiger partial charge in [-0.1, -0.05) is 5.92 Å². The van der Waals surface area contributed by atoms with Gasteiger partial charge in [0.2, 0.25) is 0 Å². The van der Waals surface area contributed by atoms with E-state index in [0.29, 0.717) is 0 Å². The normalized spacial score (nSPS) is 33.1. The molecule has 0 amide bonds. The molecular formula is C7H8N2. The van der Waals surface area contributed by atoms with Gasteiger partial charge in [-0.25, -0.2) is 0 Å². The number of nitrogens with one attached hydrogen (secondary N) is 1. The Kier molecular flexibility index (Phi) is 1.72. The zero-order valence-corrected chi connectivity index (χ0v) is 5.09. The van der Waals surface area contributed by atoms with Crippen molar-refractivity contribution in [2.75, 3.05) is 0 Å². The Morgan fingerprint density at radius 3 is 2.44 bits per heavy atom. The third-order valence-corrected chi connectivity index (χ3v) is 1.50. The maximum Gasteiger partial charge on any atom is 0.0963 e. The first-order valence-electron chi connectivity index (χ1n) is 2.98. The number of hydrogen-bond acceptors (Lipinski definition) is 2. The van der Waals surface area contributed by atoms with Gasteiger partial charge in [0.15, 0.2) is 0 Å². The van der Waals surface area contributed by atoms with Gasteiger partial charge >= 0.3 is 0 Å². The highest BCUT2D eigenvalue weighted by Gasteiger charge is 2.20. The molecule has 46 valence electrons. The highest BCUT2D eigenvalue weighted by Crippen LogP contribution is 2.09. The predicted molar refractivity (Wildman–Crippen MR) is 34.4 cm³/mol. The van der Waals surface area contributed by atoms with Crippen molar-refractivity contribution in [3.63, 3.8) is 0 Å². The molecule has 0 aliphatic carbocycles. The number of rotatable bonds is 0. The molecule has 0 spiro atoms. The lowest BCUT2D eigenvalue weighted by Gasteiger charge is -1.99. The quantitative estimate of drug-likeness (QED) is 0.465. The Morgan fingerprint density at radius 1 is 1.44 bits per heavy atom. The lowest BCUT2D eigenvalue weighted by atomic mass is 10.2. The van der Waals surface area contributed by atoms with Crippen molar-refractivity contribution in [1.82, 2.24) is 5.32 Å². The highest BCUT2D eigenvalue weighted by atomic mass is 15.0. The van der Waals surface area contributed by atoms with Crippen molar-refractivity contribution in [2.24, 2.45) is 0 Å². The molecule has 2 heteroatoms. The molecular weight excluding hydrogens is 112 g/mol. The molecule has 1 heterocycles. The summed E-state index contributed by atoms with van der Waals surface area (Å²) in [5.41, 5.74) is 0. The van der Waals surface area contributed by atoms with Crippen molar-refractivity contribution in [1.29, 1.82) is 5.26 Å². The monoisotopic (exact) mass is 120 g/mol. The molecule has 2 atom stereocenters. The van der Waals surface area contributed by atoms with E-state index >= 15 is 0 Å². The molecule has 2 nitrogen and oxygen atoms in total. The van der Waals surface area contributed by atoms with Gasteiger partial charge < -0.3 is 0 Å². The lowest BCUT2D eigenvalue weighted by Crippen LogP contribution is -2.26. The summed E-state index contributed by atoms with van der Waals surface area (Å²) in [6, 6.07) is 2.25. The molecule has 0 bridgehead atoms. The maximum atomic E-state index is 8.40. The van der Waals surface area contributed by atoms with Crippen LogP contribution >= 0.6 is 0 Å². The molecule has 1 saturated heterocycles. The van der Waals surface area contributed by atoms with E-state index in [2.05, 4.69) is 17.3 Å². The van der Waals surface area contributed by atoms with Crippen LogP contribution in [-0.4, -0.2) is 12.1 Å². The minimum atomic E-state index is -0.00829. The van der Waals surface area contributed by atoms with E-state index in [0.717, 1.165) is 12.8 Å². The molecule has 2 unspecified atom stereocenters. The molecule has 1 aliphatic rings. The maximum absolute atomic E-state index is 8.40.